The van der Waals surface area contributed by atoms with Crippen molar-refractivity contribution in [3.8, 4) is 0 Å². The fraction of sp³-hybridized carbons (Fsp3) is 0.500. The Morgan fingerprint density at radius 3 is 2.38 bits per heavy atom. The van der Waals surface area contributed by atoms with Crippen LogP contribution >= 0.6 is 11.6 Å². The van der Waals surface area contributed by atoms with Crippen LogP contribution < -0.4 is 5.73 Å². The van der Waals surface area contributed by atoms with Crippen LogP contribution in [0, 0.1) is 0 Å². The molecule has 90 valence electrons. The number of nitrogens with zero attached hydrogens (tertiary/aromatic N) is 1. The van der Waals surface area contributed by atoms with E-state index in [2.05, 4.69) is 0 Å². The maximum atomic E-state index is 9.35. The van der Waals surface area contributed by atoms with Crippen LogP contribution in [0.25, 0.3) is 0 Å². The lowest BCUT2D eigenvalue weighted by molar-refractivity contribution is 0.119. The summed E-state index contributed by atoms with van der Waals surface area (Å²) in [4.78, 5) is 2.05. The summed E-state index contributed by atoms with van der Waals surface area (Å²) >= 11 is 5.84. The highest BCUT2D eigenvalue weighted by atomic mass is 35.5. The third-order valence-corrected chi connectivity index (χ3v) is 2.81. The highest BCUT2D eigenvalue weighted by Crippen LogP contribution is 2.20. The SMILES string of the molecule is CC(O)CN(C)C(CN)c1ccc(Cl)cc1. The van der Waals surface area contributed by atoms with Gasteiger partial charge in [-0.05, 0) is 31.7 Å². The second-order valence-corrected chi connectivity index (χ2v) is 4.53. The van der Waals surface area contributed by atoms with E-state index in [4.69, 9.17) is 17.3 Å². The Bertz CT molecular complexity index is 313. The van der Waals surface area contributed by atoms with Crippen molar-refractivity contribution in [2.45, 2.75) is 19.1 Å². The lowest BCUT2D eigenvalue weighted by Gasteiger charge is -2.28. The third-order valence-electron chi connectivity index (χ3n) is 2.56. The van der Waals surface area contributed by atoms with Crippen LogP contribution in [0.15, 0.2) is 24.3 Å². The Hall–Kier alpha value is -0.610. The summed E-state index contributed by atoms with van der Waals surface area (Å²) in [6.45, 7) is 2.89. The average molecular weight is 243 g/mol. The molecule has 0 aliphatic carbocycles. The molecule has 2 atom stereocenters. The van der Waals surface area contributed by atoms with Gasteiger partial charge in [-0.2, -0.15) is 0 Å². The monoisotopic (exact) mass is 242 g/mol. The first-order valence-electron chi connectivity index (χ1n) is 5.38. The van der Waals surface area contributed by atoms with Crippen molar-refractivity contribution >= 4 is 11.6 Å². The summed E-state index contributed by atoms with van der Waals surface area (Å²) in [5, 5.41) is 10.1. The molecule has 1 aromatic carbocycles. The minimum Gasteiger partial charge on any atom is -0.392 e. The molecule has 0 aromatic heterocycles. The zero-order chi connectivity index (χ0) is 12.1. The molecule has 3 nitrogen and oxygen atoms in total. The molecular formula is C12H19ClN2O. The highest BCUT2D eigenvalue weighted by Gasteiger charge is 2.16. The molecule has 0 heterocycles. The van der Waals surface area contributed by atoms with E-state index in [1.54, 1.807) is 6.92 Å². The van der Waals surface area contributed by atoms with E-state index < -0.39 is 0 Å². The second kappa shape index (κ2) is 6.21. The van der Waals surface area contributed by atoms with Crippen molar-refractivity contribution in [1.82, 2.24) is 4.90 Å². The first-order valence-corrected chi connectivity index (χ1v) is 5.76. The van der Waals surface area contributed by atoms with Crippen LogP contribution in [0.5, 0.6) is 0 Å². The van der Waals surface area contributed by atoms with Gasteiger partial charge in [-0.15, -0.1) is 0 Å². The van der Waals surface area contributed by atoms with Crippen LogP contribution in [0.4, 0.5) is 0 Å². The minimum atomic E-state index is -0.355. The maximum Gasteiger partial charge on any atom is 0.0639 e. The van der Waals surface area contributed by atoms with Crippen molar-refractivity contribution < 1.29 is 5.11 Å². The molecule has 2 unspecified atom stereocenters. The molecule has 1 aromatic rings. The Labute approximate surface area is 102 Å². The Balaban J connectivity index is 2.77. The molecule has 0 fully saturated rings. The van der Waals surface area contributed by atoms with Gasteiger partial charge in [0.15, 0.2) is 0 Å². The van der Waals surface area contributed by atoms with Crippen molar-refractivity contribution in [2.75, 3.05) is 20.1 Å². The first kappa shape index (κ1) is 13.5. The van der Waals surface area contributed by atoms with Crippen LogP contribution in [0.1, 0.15) is 18.5 Å². The summed E-state index contributed by atoms with van der Waals surface area (Å²) in [6.07, 6.45) is -0.355. The van der Waals surface area contributed by atoms with Gasteiger partial charge in [0.05, 0.1) is 6.10 Å². The van der Waals surface area contributed by atoms with E-state index >= 15 is 0 Å². The van der Waals surface area contributed by atoms with E-state index in [0.29, 0.717) is 13.1 Å². The van der Waals surface area contributed by atoms with E-state index in [9.17, 15) is 5.11 Å². The number of rotatable bonds is 5. The minimum absolute atomic E-state index is 0.117. The second-order valence-electron chi connectivity index (χ2n) is 4.09. The fourth-order valence-electron chi connectivity index (χ4n) is 1.80. The van der Waals surface area contributed by atoms with Gasteiger partial charge in [0.25, 0.3) is 0 Å². The molecule has 0 saturated heterocycles. The standard InChI is InChI=1S/C12H19ClN2O/c1-9(16)8-15(2)12(7-14)10-3-5-11(13)6-4-10/h3-6,9,12,16H,7-8,14H2,1-2H3. The van der Waals surface area contributed by atoms with Crippen LogP contribution in [0.3, 0.4) is 0 Å². The number of hydrogen-bond donors (Lipinski definition) is 2. The molecule has 3 N–H and O–H groups in total. The van der Waals surface area contributed by atoms with Crippen LogP contribution in [0.2, 0.25) is 5.02 Å². The van der Waals surface area contributed by atoms with E-state index in [-0.39, 0.29) is 12.1 Å². The largest absolute Gasteiger partial charge is 0.392 e. The molecule has 0 aliphatic rings. The third kappa shape index (κ3) is 3.76. The quantitative estimate of drug-likeness (QED) is 0.826. The Morgan fingerprint density at radius 2 is 1.94 bits per heavy atom. The van der Waals surface area contributed by atoms with Gasteiger partial charge in [-0.3, -0.25) is 4.90 Å². The van der Waals surface area contributed by atoms with Crippen LogP contribution in [-0.4, -0.2) is 36.2 Å². The zero-order valence-electron chi connectivity index (χ0n) is 9.73. The molecule has 0 bridgehead atoms. The number of benzene rings is 1. The summed E-state index contributed by atoms with van der Waals surface area (Å²) in [7, 11) is 1.96. The zero-order valence-corrected chi connectivity index (χ0v) is 10.5. The number of hydrogen-bond acceptors (Lipinski definition) is 3. The van der Waals surface area contributed by atoms with E-state index in [1.807, 2.05) is 36.2 Å². The van der Waals surface area contributed by atoms with Gasteiger partial charge < -0.3 is 10.8 Å². The number of aliphatic hydroxyl groups is 1. The lowest BCUT2D eigenvalue weighted by atomic mass is 10.1. The molecule has 4 heteroatoms. The number of likely N-dealkylation sites (N-methyl/N-ethyl adjacent to an activating group) is 1. The smallest absolute Gasteiger partial charge is 0.0639 e. The topological polar surface area (TPSA) is 49.5 Å². The molecular weight excluding hydrogens is 224 g/mol. The van der Waals surface area contributed by atoms with Gasteiger partial charge in [0, 0.05) is 24.2 Å². The lowest BCUT2D eigenvalue weighted by Crippen LogP contribution is -2.35. The van der Waals surface area contributed by atoms with E-state index in [0.717, 1.165) is 10.6 Å². The van der Waals surface area contributed by atoms with Crippen LogP contribution in [-0.2, 0) is 0 Å². The molecule has 0 aliphatic heterocycles. The predicted octanol–water partition coefficient (Wildman–Crippen LogP) is 1.65. The summed E-state index contributed by atoms with van der Waals surface area (Å²) in [6, 6.07) is 7.77. The number of halogens is 1. The maximum absolute atomic E-state index is 9.35. The van der Waals surface area contributed by atoms with Gasteiger partial charge >= 0.3 is 0 Å². The number of aliphatic hydroxyl groups excluding tert-OH is 1. The average Bonchev–Trinajstić information content (AvgIpc) is 2.21. The van der Waals surface area contributed by atoms with E-state index in [1.165, 1.54) is 0 Å². The molecule has 0 saturated carbocycles. The highest BCUT2D eigenvalue weighted by molar-refractivity contribution is 6.30. The Kier molecular flexibility index (Phi) is 5.22. The molecule has 1 rings (SSSR count). The molecule has 0 spiro atoms. The van der Waals surface area contributed by atoms with Crippen molar-refractivity contribution in [3.63, 3.8) is 0 Å². The summed E-state index contributed by atoms with van der Waals surface area (Å²) in [5.74, 6) is 0. The normalized spacial score (nSPS) is 15.1. The summed E-state index contributed by atoms with van der Waals surface area (Å²) in [5.41, 5.74) is 6.88. The van der Waals surface area contributed by atoms with Gasteiger partial charge in [-0.1, -0.05) is 23.7 Å². The summed E-state index contributed by atoms with van der Waals surface area (Å²) < 4.78 is 0. The Morgan fingerprint density at radius 1 is 1.38 bits per heavy atom. The van der Waals surface area contributed by atoms with Crippen molar-refractivity contribution in [2.24, 2.45) is 5.73 Å². The fourth-order valence-corrected chi connectivity index (χ4v) is 1.93. The van der Waals surface area contributed by atoms with Crippen molar-refractivity contribution in [3.05, 3.63) is 34.9 Å². The van der Waals surface area contributed by atoms with Crippen molar-refractivity contribution in [1.29, 1.82) is 0 Å². The molecule has 0 amide bonds. The van der Waals surface area contributed by atoms with Gasteiger partial charge in [0.1, 0.15) is 0 Å². The molecule has 0 radical (unpaired) electrons. The first-order chi connectivity index (χ1) is 7.54. The predicted molar refractivity (Wildman–Crippen MR) is 67.6 cm³/mol. The van der Waals surface area contributed by atoms with Gasteiger partial charge in [-0.25, -0.2) is 0 Å². The molecule has 16 heavy (non-hydrogen) atoms. The van der Waals surface area contributed by atoms with Gasteiger partial charge in [0.2, 0.25) is 0 Å². The number of nitrogens with two attached hydrogens (primary N) is 1.